The summed E-state index contributed by atoms with van der Waals surface area (Å²) >= 11 is 0. The highest BCUT2D eigenvalue weighted by molar-refractivity contribution is 5.95. The molecule has 1 aromatic rings. The number of carbonyl (C=O) groups excluding carboxylic acids is 1. The third kappa shape index (κ3) is 3.79. The number of methoxy groups -OCH3 is 1. The number of piperidine rings is 1. The fourth-order valence-electron chi connectivity index (χ4n) is 2.83. The normalized spacial score (nSPS) is 21.1. The Morgan fingerprint density at radius 2 is 2.22 bits per heavy atom. The second kappa shape index (κ2) is 7.41. The van der Waals surface area contributed by atoms with Crippen LogP contribution < -0.4 is 4.90 Å². The van der Waals surface area contributed by atoms with Crippen molar-refractivity contribution in [2.45, 2.75) is 26.4 Å². The summed E-state index contributed by atoms with van der Waals surface area (Å²) in [4.78, 5) is 24.7. The molecule has 0 spiro atoms. The highest BCUT2D eigenvalue weighted by atomic mass is 16.6. The van der Waals surface area contributed by atoms with Gasteiger partial charge in [0.2, 0.25) is 0 Å². The molecule has 0 aliphatic carbocycles. The van der Waals surface area contributed by atoms with Crippen LogP contribution in [-0.4, -0.2) is 43.8 Å². The molecule has 0 amide bonds. The third-order valence-corrected chi connectivity index (χ3v) is 4.23. The third-order valence-electron chi connectivity index (χ3n) is 4.23. The molecule has 1 aliphatic rings. The number of nitrogens with zero attached hydrogens (tertiary/aromatic N) is 2. The van der Waals surface area contributed by atoms with Gasteiger partial charge in [-0.1, -0.05) is 6.92 Å². The smallest absolute Gasteiger partial charge is 0.345 e. The molecular weight excluding hydrogens is 300 g/mol. The van der Waals surface area contributed by atoms with E-state index in [1.54, 1.807) is 26.2 Å². The highest BCUT2D eigenvalue weighted by Gasteiger charge is 2.28. The Kier molecular flexibility index (Phi) is 5.54. The lowest BCUT2D eigenvalue weighted by molar-refractivity contribution is -0.385. The average Bonchev–Trinajstić information content (AvgIpc) is 2.55. The highest BCUT2D eigenvalue weighted by Crippen LogP contribution is 2.29. The summed E-state index contributed by atoms with van der Waals surface area (Å²) in [5.74, 6) is -0.214. The fraction of sp³-hybridized carbons (Fsp3) is 0.562. The van der Waals surface area contributed by atoms with Crippen LogP contribution >= 0.6 is 0 Å². The Morgan fingerprint density at radius 3 is 2.83 bits per heavy atom. The zero-order chi connectivity index (χ0) is 17.0. The molecule has 23 heavy (non-hydrogen) atoms. The Bertz CT molecular complexity index is 590. The topological polar surface area (TPSA) is 81.9 Å². The summed E-state index contributed by atoms with van der Waals surface area (Å²) < 4.78 is 10.4. The molecule has 126 valence electrons. The second-order valence-electron chi connectivity index (χ2n) is 5.67. The predicted molar refractivity (Wildman–Crippen MR) is 85.8 cm³/mol. The van der Waals surface area contributed by atoms with Gasteiger partial charge in [0.1, 0.15) is 5.56 Å². The van der Waals surface area contributed by atoms with E-state index in [-0.39, 0.29) is 24.0 Å². The van der Waals surface area contributed by atoms with Crippen molar-refractivity contribution >= 4 is 17.3 Å². The van der Waals surface area contributed by atoms with Gasteiger partial charge in [-0.25, -0.2) is 4.79 Å². The number of nitro benzene ring substituents is 1. The summed E-state index contributed by atoms with van der Waals surface area (Å²) in [6, 6.07) is 4.57. The molecule has 0 saturated carbocycles. The summed E-state index contributed by atoms with van der Waals surface area (Å²) in [5.41, 5.74) is 0.524. The zero-order valence-corrected chi connectivity index (χ0v) is 13.7. The Morgan fingerprint density at radius 1 is 1.48 bits per heavy atom. The Labute approximate surface area is 135 Å². The van der Waals surface area contributed by atoms with Gasteiger partial charge in [0, 0.05) is 32.0 Å². The molecule has 2 unspecified atom stereocenters. The maximum Gasteiger partial charge on any atom is 0.345 e. The van der Waals surface area contributed by atoms with E-state index in [0.717, 1.165) is 18.7 Å². The quantitative estimate of drug-likeness (QED) is 0.471. The maximum absolute atomic E-state index is 12.0. The average molecular weight is 322 g/mol. The molecule has 0 bridgehead atoms. The molecule has 1 aromatic carbocycles. The van der Waals surface area contributed by atoms with Crippen molar-refractivity contribution in [1.29, 1.82) is 0 Å². The largest absolute Gasteiger partial charge is 0.462 e. The van der Waals surface area contributed by atoms with Gasteiger partial charge >= 0.3 is 5.97 Å². The molecule has 2 rings (SSSR count). The van der Waals surface area contributed by atoms with Crippen LogP contribution in [0.3, 0.4) is 0 Å². The first-order chi connectivity index (χ1) is 11.0. The van der Waals surface area contributed by atoms with Gasteiger partial charge < -0.3 is 14.4 Å². The molecule has 1 heterocycles. The summed E-state index contributed by atoms with van der Waals surface area (Å²) in [6.07, 6.45) is 1.06. The lowest BCUT2D eigenvalue weighted by Crippen LogP contribution is -2.44. The molecule has 0 N–H and O–H groups in total. The van der Waals surface area contributed by atoms with Gasteiger partial charge in [0.15, 0.2) is 0 Å². The van der Waals surface area contributed by atoms with Crippen LogP contribution in [0.5, 0.6) is 0 Å². The van der Waals surface area contributed by atoms with E-state index >= 15 is 0 Å². The number of esters is 1. The van der Waals surface area contributed by atoms with Crippen molar-refractivity contribution in [3.8, 4) is 0 Å². The van der Waals surface area contributed by atoms with E-state index in [0.29, 0.717) is 12.5 Å². The monoisotopic (exact) mass is 322 g/mol. The van der Waals surface area contributed by atoms with Crippen molar-refractivity contribution in [3.63, 3.8) is 0 Å². The molecule has 1 saturated heterocycles. The number of hydrogen-bond donors (Lipinski definition) is 0. The number of hydrogen-bond acceptors (Lipinski definition) is 6. The van der Waals surface area contributed by atoms with Gasteiger partial charge in [-0.2, -0.15) is 0 Å². The van der Waals surface area contributed by atoms with Gasteiger partial charge in [-0.05, 0) is 31.4 Å². The number of benzene rings is 1. The maximum atomic E-state index is 12.0. The van der Waals surface area contributed by atoms with E-state index < -0.39 is 10.9 Å². The number of carbonyl (C=O) groups is 1. The minimum atomic E-state index is -0.672. The van der Waals surface area contributed by atoms with Gasteiger partial charge in [0.25, 0.3) is 5.69 Å². The van der Waals surface area contributed by atoms with Crippen LogP contribution in [0.4, 0.5) is 11.4 Å². The first-order valence-electron chi connectivity index (χ1n) is 7.71. The van der Waals surface area contributed by atoms with E-state index in [1.165, 1.54) is 6.07 Å². The molecule has 1 fully saturated rings. The minimum Gasteiger partial charge on any atom is -0.462 e. The van der Waals surface area contributed by atoms with Crippen molar-refractivity contribution < 1.29 is 19.2 Å². The molecule has 7 nitrogen and oxygen atoms in total. The minimum absolute atomic E-state index is 0.0121. The lowest BCUT2D eigenvalue weighted by Gasteiger charge is -2.37. The molecular formula is C16H22N2O5. The van der Waals surface area contributed by atoms with Crippen LogP contribution in [0.2, 0.25) is 0 Å². The van der Waals surface area contributed by atoms with Gasteiger partial charge in [-0.15, -0.1) is 0 Å². The second-order valence-corrected chi connectivity index (χ2v) is 5.67. The Hall–Kier alpha value is -2.15. The SMILES string of the molecule is CCOC(=O)c1cc(N2CCC(C)C(OC)C2)ccc1[N+](=O)[O-]. The van der Waals surface area contributed by atoms with E-state index in [4.69, 9.17) is 9.47 Å². The summed E-state index contributed by atoms with van der Waals surface area (Å²) in [7, 11) is 1.69. The van der Waals surface area contributed by atoms with Crippen LogP contribution in [0.15, 0.2) is 18.2 Å². The summed E-state index contributed by atoms with van der Waals surface area (Å²) in [6.45, 7) is 5.50. The van der Waals surface area contributed by atoms with Crippen molar-refractivity contribution in [3.05, 3.63) is 33.9 Å². The van der Waals surface area contributed by atoms with Gasteiger partial charge in [-0.3, -0.25) is 10.1 Å². The fourth-order valence-corrected chi connectivity index (χ4v) is 2.83. The molecule has 7 heteroatoms. The summed E-state index contributed by atoms with van der Waals surface area (Å²) in [5, 5.41) is 11.1. The van der Waals surface area contributed by atoms with Gasteiger partial charge in [0.05, 0.1) is 17.6 Å². The van der Waals surface area contributed by atoms with E-state index in [9.17, 15) is 14.9 Å². The molecule has 1 aliphatic heterocycles. The van der Waals surface area contributed by atoms with Crippen molar-refractivity contribution in [1.82, 2.24) is 0 Å². The number of nitro groups is 1. The first kappa shape index (κ1) is 17.2. The lowest BCUT2D eigenvalue weighted by atomic mass is 9.95. The van der Waals surface area contributed by atoms with Crippen molar-refractivity contribution in [2.75, 3.05) is 31.7 Å². The van der Waals surface area contributed by atoms with Crippen LogP contribution in [0.1, 0.15) is 30.6 Å². The first-order valence-corrected chi connectivity index (χ1v) is 7.71. The van der Waals surface area contributed by atoms with E-state index in [1.807, 2.05) is 0 Å². The zero-order valence-electron chi connectivity index (χ0n) is 13.7. The molecule has 2 atom stereocenters. The Balaban J connectivity index is 2.31. The van der Waals surface area contributed by atoms with Crippen LogP contribution in [0.25, 0.3) is 0 Å². The standard InChI is InChI=1S/C16H22N2O5/c1-4-23-16(19)13-9-12(5-6-14(13)18(20)21)17-8-7-11(2)15(10-17)22-3/h5-6,9,11,15H,4,7-8,10H2,1-3H3. The molecule has 0 radical (unpaired) electrons. The number of ether oxygens (including phenoxy) is 2. The van der Waals surface area contributed by atoms with E-state index in [2.05, 4.69) is 11.8 Å². The number of rotatable bonds is 5. The van der Waals surface area contributed by atoms with Crippen LogP contribution in [-0.2, 0) is 9.47 Å². The number of anilines is 1. The molecule has 0 aromatic heterocycles. The van der Waals surface area contributed by atoms with Crippen molar-refractivity contribution in [2.24, 2.45) is 5.92 Å². The van der Waals surface area contributed by atoms with Crippen LogP contribution in [0, 0.1) is 16.0 Å². The predicted octanol–water partition coefficient (Wildman–Crippen LogP) is 2.63.